The fraction of sp³-hybridized carbons (Fsp3) is 0.571. The van der Waals surface area contributed by atoms with E-state index in [-0.39, 0.29) is 0 Å². The molecule has 0 saturated carbocycles. The van der Waals surface area contributed by atoms with Crippen LogP contribution in [-0.2, 0) is 14.3 Å². The van der Waals surface area contributed by atoms with Crippen molar-refractivity contribution in [2.75, 3.05) is 13.2 Å². The number of hydrogen-bond donors (Lipinski definition) is 1. The minimum atomic E-state index is -0.411. The maximum absolute atomic E-state index is 10.7. The van der Waals surface area contributed by atoms with Gasteiger partial charge in [0.2, 0.25) is 0 Å². The van der Waals surface area contributed by atoms with E-state index in [1.54, 1.807) is 6.92 Å². The van der Waals surface area contributed by atoms with Crippen LogP contribution in [0.15, 0.2) is 12.0 Å². The first kappa shape index (κ1) is 9.97. The van der Waals surface area contributed by atoms with E-state index >= 15 is 0 Å². The molecule has 11 heavy (non-hydrogen) atoms. The summed E-state index contributed by atoms with van der Waals surface area (Å²) in [4.78, 5) is 10.7. The van der Waals surface area contributed by atoms with Gasteiger partial charge in [-0.15, -0.1) is 0 Å². The second kappa shape index (κ2) is 5.73. The van der Waals surface area contributed by atoms with Crippen LogP contribution in [0.1, 0.15) is 13.8 Å². The molecule has 0 aliphatic rings. The maximum Gasteiger partial charge on any atom is 0.340 e. The highest BCUT2D eigenvalue weighted by atomic mass is 16.5. The number of carbonyl (C=O) groups is 1. The Bertz CT molecular complexity index is 154. The summed E-state index contributed by atoms with van der Waals surface area (Å²) in [5.74, 6) is -0.0723. The van der Waals surface area contributed by atoms with Gasteiger partial charge in [0, 0.05) is 0 Å². The highest BCUT2D eigenvalue weighted by molar-refractivity contribution is 5.81. The summed E-state index contributed by atoms with van der Waals surface area (Å²) in [5, 5.41) is 0. The second-order valence-electron chi connectivity index (χ2n) is 1.80. The van der Waals surface area contributed by atoms with Crippen LogP contribution in [0, 0.1) is 0 Å². The Hall–Kier alpha value is -1.03. The van der Waals surface area contributed by atoms with Crippen LogP contribution in [0.4, 0.5) is 0 Å². The van der Waals surface area contributed by atoms with Crippen LogP contribution in [0.3, 0.4) is 0 Å². The van der Waals surface area contributed by atoms with Gasteiger partial charge in [0.25, 0.3) is 5.88 Å². The summed E-state index contributed by atoms with van der Waals surface area (Å²) in [5.41, 5.74) is 3.49. The Balaban J connectivity index is 3.76. The largest absolute Gasteiger partial charge is 0.463 e. The standard InChI is InChI=1S/C7H13NO3/c1-3-10-6(8)5-7(9)11-4-2/h5H,3-4,8H2,1-2H3/p+1. The fourth-order valence-corrected chi connectivity index (χ4v) is 0.542. The van der Waals surface area contributed by atoms with Gasteiger partial charge in [-0.05, 0) is 13.8 Å². The van der Waals surface area contributed by atoms with Crippen molar-refractivity contribution in [2.45, 2.75) is 13.8 Å². The highest BCUT2D eigenvalue weighted by Crippen LogP contribution is 1.86. The molecule has 0 spiro atoms. The molecule has 0 radical (unpaired) electrons. The summed E-state index contributed by atoms with van der Waals surface area (Å²) < 4.78 is 9.53. The summed E-state index contributed by atoms with van der Waals surface area (Å²) in [6, 6.07) is 0. The third-order valence-electron chi connectivity index (χ3n) is 0.895. The third-order valence-corrected chi connectivity index (χ3v) is 0.895. The smallest absolute Gasteiger partial charge is 0.340 e. The van der Waals surface area contributed by atoms with Crippen molar-refractivity contribution in [3.05, 3.63) is 12.0 Å². The predicted octanol–water partition coefficient (Wildman–Crippen LogP) is -0.331. The molecule has 0 aromatic carbocycles. The summed E-state index contributed by atoms with van der Waals surface area (Å²) in [7, 11) is 0. The first-order valence-corrected chi connectivity index (χ1v) is 3.53. The molecule has 0 heterocycles. The number of quaternary nitrogens is 1. The van der Waals surface area contributed by atoms with Crippen molar-refractivity contribution < 1.29 is 20.0 Å². The van der Waals surface area contributed by atoms with E-state index in [0.29, 0.717) is 19.1 Å². The van der Waals surface area contributed by atoms with Crippen LogP contribution in [0.25, 0.3) is 0 Å². The van der Waals surface area contributed by atoms with Crippen LogP contribution >= 0.6 is 0 Å². The molecular weight excluding hydrogens is 146 g/mol. The Labute approximate surface area is 66.0 Å². The zero-order valence-electron chi connectivity index (χ0n) is 6.92. The summed E-state index contributed by atoms with van der Waals surface area (Å²) in [6.45, 7) is 4.45. The molecule has 0 saturated heterocycles. The number of carbonyl (C=O) groups excluding carboxylic acids is 1. The lowest BCUT2D eigenvalue weighted by Gasteiger charge is -1.97. The van der Waals surface area contributed by atoms with Gasteiger partial charge in [-0.3, -0.25) is 5.73 Å². The van der Waals surface area contributed by atoms with Crippen molar-refractivity contribution in [3.8, 4) is 0 Å². The zero-order valence-corrected chi connectivity index (χ0v) is 6.92. The Morgan fingerprint density at radius 1 is 1.36 bits per heavy atom. The van der Waals surface area contributed by atoms with Gasteiger partial charge in [-0.25, -0.2) is 4.79 Å². The van der Waals surface area contributed by atoms with Gasteiger partial charge in [-0.2, -0.15) is 0 Å². The van der Waals surface area contributed by atoms with Gasteiger partial charge in [0.15, 0.2) is 0 Å². The molecule has 0 amide bonds. The predicted molar refractivity (Wildman–Crippen MR) is 39.2 cm³/mol. The number of hydrogen-bond acceptors (Lipinski definition) is 3. The number of esters is 1. The van der Waals surface area contributed by atoms with Crippen molar-refractivity contribution in [1.82, 2.24) is 0 Å². The maximum atomic E-state index is 10.7. The molecule has 0 unspecified atom stereocenters. The topological polar surface area (TPSA) is 63.2 Å². The van der Waals surface area contributed by atoms with Gasteiger partial charge in [-0.1, -0.05) is 0 Å². The van der Waals surface area contributed by atoms with E-state index in [9.17, 15) is 4.79 Å². The molecule has 0 aromatic heterocycles. The molecule has 0 fully saturated rings. The molecule has 0 aliphatic carbocycles. The minimum Gasteiger partial charge on any atom is -0.463 e. The van der Waals surface area contributed by atoms with Gasteiger partial charge < -0.3 is 9.47 Å². The van der Waals surface area contributed by atoms with Crippen molar-refractivity contribution in [1.29, 1.82) is 0 Å². The van der Waals surface area contributed by atoms with Crippen LogP contribution in [0.2, 0.25) is 0 Å². The first-order chi connectivity index (χ1) is 5.20. The molecule has 4 heteroatoms. The summed E-state index contributed by atoms with van der Waals surface area (Å²) >= 11 is 0. The van der Waals surface area contributed by atoms with E-state index in [2.05, 4.69) is 10.5 Å². The Morgan fingerprint density at radius 2 is 1.91 bits per heavy atom. The van der Waals surface area contributed by atoms with E-state index < -0.39 is 5.97 Å². The Kier molecular flexibility index (Phi) is 5.20. The first-order valence-electron chi connectivity index (χ1n) is 3.53. The molecule has 0 atom stereocenters. The number of rotatable bonds is 4. The highest BCUT2D eigenvalue weighted by Gasteiger charge is 2.00. The molecule has 64 valence electrons. The van der Waals surface area contributed by atoms with Crippen LogP contribution in [-0.4, -0.2) is 19.2 Å². The quantitative estimate of drug-likeness (QED) is 0.348. The molecular formula is C7H14NO3+. The molecule has 0 aliphatic heterocycles. The van der Waals surface area contributed by atoms with E-state index in [1.807, 2.05) is 6.92 Å². The molecule has 0 bridgehead atoms. The van der Waals surface area contributed by atoms with Crippen LogP contribution < -0.4 is 5.73 Å². The second-order valence-corrected chi connectivity index (χ2v) is 1.80. The third kappa shape index (κ3) is 5.42. The van der Waals surface area contributed by atoms with Gasteiger partial charge >= 0.3 is 5.97 Å². The minimum absolute atomic E-state index is 0.339. The number of ether oxygens (including phenoxy) is 2. The Morgan fingerprint density at radius 3 is 2.36 bits per heavy atom. The van der Waals surface area contributed by atoms with Crippen molar-refractivity contribution in [3.63, 3.8) is 0 Å². The van der Waals surface area contributed by atoms with Gasteiger partial charge in [0.1, 0.15) is 6.08 Å². The molecule has 0 rings (SSSR count). The van der Waals surface area contributed by atoms with Crippen molar-refractivity contribution in [2.24, 2.45) is 0 Å². The van der Waals surface area contributed by atoms with Gasteiger partial charge in [0.05, 0.1) is 13.2 Å². The average molecular weight is 160 g/mol. The lowest BCUT2D eigenvalue weighted by molar-refractivity contribution is -0.356. The lowest BCUT2D eigenvalue weighted by atomic mass is 10.6. The van der Waals surface area contributed by atoms with E-state index in [4.69, 9.17) is 4.74 Å². The van der Waals surface area contributed by atoms with Crippen molar-refractivity contribution >= 4 is 5.97 Å². The monoisotopic (exact) mass is 160 g/mol. The lowest BCUT2D eigenvalue weighted by Crippen LogP contribution is -2.49. The fourth-order valence-electron chi connectivity index (χ4n) is 0.542. The SMILES string of the molecule is CCOC(=O)C=C([NH3+])OCC. The molecule has 4 nitrogen and oxygen atoms in total. The normalized spacial score (nSPS) is 11.0. The van der Waals surface area contributed by atoms with E-state index in [0.717, 1.165) is 0 Å². The van der Waals surface area contributed by atoms with Crippen LogP contribution in [0.5, 0.6) is 0 Å². The molecule has 0 aromatic rings. The average Bonchev–Trinajstić information content (AvgIpc) is 1.87. The van der Waals surface area contributed by atoms with E-state index in [1.165, 1.54) is 6.08 Å². The zero-order chi connectivity index (χ0) is 8.69. The summed E-state index contributed by atoms with van der Waals surface area (Å²) in [6.07, 6.45) is 1.23. The molecule has 3 N–H and O–H groups in total.